The van der Waals surface area contributed by atoms with Gasteiger partial charge in [-0.05, 0) is 127 Å². The van der Waals surface area contributed by atoms with Crippen LogP contribution in [0.2, 0.25) is 0 Å². The van der Waals surface area contributed by atoms with Crippen LogP contribution < -0.4 is 15.6 Å². The van der Waals surface area contributed by atoms with Crippen molar-refractivity contribution in [1.82, 2.24) is 40.0 Å². The number of piperidine rings is 1. The third-order valence-electron chi connectivity index (χ3n) is 15.7. The van der Waals surface area contributed by atoms with Crippen LogP contribution in [0.5, 0.6) is 0 Å². The van der Waals surface area contributed by atoms with Gasteiger partial charge in [0.25, 0.3) is 11.8 Å². The molecule has 5 atom stereocenters. The number of nitrogens with zero attached hydrogens (tertiary/aromatic N) is 7. The summed E-state index contributed by atoms with van der Waals surface area (Å²) >= 11 is 0. The molecule has 7 rings (SSSR count). The van der Waals surface area contributed by atoms with E-state index >= 15 is 0 Å². The second kappa shape index (κ2) is 23.6. The van der Waals surface area contributed by atoms with Crippen LogP contribution in [0, 0.1) is 29.1 Å². The van der Waals surface area contributed by atoms with E-state index in [4.69, 9.17) is 14.5 Å². The van der Waals surface area contributed by atoms with Crippen molar-refractivity contribution in [1.29, 1.82) is 0 Å². The fourth-order valence-electron chi connectivity index (χ4n) is 11.2. The average Bonchev–Trinajstić information content (AvgIpc) is 3.98. The van der Waals surface area contributed by atoms with Crippen LogP contribution in [0.15, 0.2) is 36.5 Å². The van der Waals surface area contributed by atoms with Gasteiger partial charge in [-0.1, -0.05) is 40.5 Å². The number of likely N-dealkylation sites (tertiary alicyclic amines) is 2. The van der Waals surface area contributed by atoms with Crippen LogP contribution in [-0.2, 0) is 46.4 Å². The van der Waals surface area contributed by atoms with Crippen molar-refractivity contribution in [3.8, 4) is 23.1 Å². The highest BCUT2D eigenvalue weighted by Gasteiger charge is 2.46. The summed E-state index contributed by atoms with van der Waals surface area (Å²) in [4.78, 5) is 81.9. The van der Waals surface area contributed by atoms with Crippen LogP contribution in [0.25, 0.3) is 22.2 Å². The molecule has 3 N–H and O–H groups in total. The molecule has 0 radical (unpaired) electrons. The summed E-state index contributed by atoms with van der Waals surface area (Å²) in [5, 5.41) is 17.1. The van der Waals surface area contributed by atoms with Crippen LogP contribution in [0.4, 0.5) is 5.69 Å². The smallest absolute Gasteiger partial charge is 0.355 e. The average molecular weight is 1020 g/mol. The number of carbonyl (C=O) groups is 5. The Hall–Kier alpha value is -5.54. The third-order valence-corrected chi connectivity index (χ3v) is 15.7. The summed E-state index contributed by atoms with van der Waals surface area (Å²) < 4.78 is 14.2. The van der Waals surface area contributed by atoms with E-state index in [1.54, 1.807) is 32.2 Å². The predicted molar refractivity (Wildman–Crippen MR) is 286 cm³/mol. The van der Waals surface area contributed by atoms with E-state index in [-0.39, 0.29) is 56.4 Å². The highest BCUT2D eigenvalue weighted by atomic mass is 16.6. The molecule has 4 saturated heterocycles. The predicted octanol–water partition coefficient (Wildman–Crippen LogP) is 6.06. The van der Waals surface area contributed by atoms with E-state index in [9.17, 15) is 29.1 Å². The lowest BCUT2D eigenvalue weighted by Gasteiger charge is -2.41. The molecule has 6 heterocycles. The molecule has 0 spiro atoms. The minimum Gasteiger partial charge on any atom is -0.462 e. The number of pyridine rings is 1. The van der Waals surface area contributed by atoms with Gasteiger partial charge in [0, 0.05) is 107 Å². The fourth-order valence-corrected chi connectivity index (χ4v) is 11.2. The Kier molecular flexibility index (Phi) is 17.9. The topological polar surface area (TPSA) is 182 Å². The Labute approximate surface area is 439 Å². The lowest BCUT2D eigenvalue weighted by molar-refractivity contribution is -0.189. The Bertz CT molecular complexity index is 2590. The van der Waals surface area contributed by atoms with Gasteiger partial charge in [0.2, 0.25) is 17.5 Å². The van der Waals surface area contributed by atoms with Gasteiger partial charge in [-0.3, -0.25) is 34.1 Å². The number of ether oxygens (including phenoxy) is 2. The first-order chi connectivity index (χ1) is 35.1. The molecule has 3 aromatic rings. The molecule has 74 heavy (non-hydrogen) atoms. The van der Waals surface area contributed by atoms with Gasteiger partial charge in [-0.15, -0.1) is 0 Å². The number of aromatic nitrogens is 2. The third kappa shape index (κ3) is 12.3. The second-order valence-corrected chi connectivity index (χ2v) is 22.6. The number of methoxy groups -OCH3 is 1. The van der Waals surface area contributed by atoms with Crippen LogP contribution in [0.3, 0.4) is 0 Å². The highest BCUT2D eigenvalue weighted by Crippen LogP contribution is 2.42. The van der Waals surface area contributed by atoms with Gasteiger partial charge < -0.3 is 39.2 Å². The normalized spacial score (nSPS) is 20.9. The first kappa shape index (κ1) is 56.2. The molecule has 404 valence electrons. The second-order valence-electron chi connectivity index (χ2n) is 22.6. The van der Waals surface area contributed by atoms with E-state index in [1.807, 2.05) is 54.5 Å². The Morgan fingerprint density at radius 2 is 1.70 bits per heavy atom. The van der Waals surface area contributed by atoms with Gasteiger partial charge in [0.05, 0.1) is 35.6 Å². The quantitative estimate of drug-likeness (QED) is 0.0992. The van der Waals surface area contributed by atoms with Crippen molar-refractivity contribution in [2.75, 3.05) is 71.5 Å². The van der Waals surface area contributed by atoms with Crippen molar-refractivity contribution in [2.24, 2.45) is 17.3 Å². The number of amides is 4. The minimum absolute atomic E-state index is 0.00373. The summed E-state index contributed by atoms with van der Waals surface area (Å²) in [6.07, 6.45) is 7.66. The number of hydrogen-bond donors (Lipinski definition) is 3. The maximum atomic E-state index is 14.2. The van der Waals surface area contributed by atoms with Gasteiger partial charge in [0.1, 0.15) is 12.1 Å². The summed E-state index contributed by atoms with van der Waals surface area (Å²) in [6, 6.07) is 8.84. The number of nitrogens with one attached hydrogen (secondary N) is 2. The van der Waals surface area contributed by atoms with Crippen molar-refractivity contribution in [3.63, 3.8) is 0 Å². The standard InChI is InChI=1S/C57H83N9O8/c1-12-45(59-51(68)49(38(3)4)61(10)52(69)40-24-33-63(36-40)47(67)23-26-56(8,9)64-30-19-31-64)53(70)66-32-18-25-57(72,60-66)54(71)74-37-55(6,7)35-44-43-34-41(62-28-15-14-16-29-62)21-22-46(43)65(13-2)50(44)42-20-17-27-58-48(42)39(5)73-11/h17,20-22,27,34,38-40,45,49,60,72H,12-16,18-19,24-25,28-33,35-37H2,1-11H3,(H,59,68)/t39-,40?,45-,49-,57?/m0/s1. The lowest BCUT2D eigenvalue weighted by atomic mass is 9.84. The zero-order valence-corrected chi connectivity index (χ0v) is 46.0. The number of carbonyl (C=O) groups excluding carboxylic acids is 5. The summed E-state index contributed by atoms with van der Waals surface area (Å²) in [5.41, 5.74) is 5.77. The fraction of sp³-hybridized carbons (Fsp3) is 0.649. The summed E-state index contributed by atoms with van der Waals surface area (Å²) in [7, 11) is 3.27. The van der Waals surface area contributed by atoms with Crippen molar-refractivity contribution in [2.45, 2.75) is 156 Å². The molecule has 17 nitrogen and oxygen atoms in total. The molecular formula is C57H83N9O8. The number of benzene rings is 1. The van der Waals surface area contributed by atoms with Crippen LogP contribution in [0.1, 0.15) is 131 Å². The number of esters is 1. The first-order valence-corrected chi connectivity index (χ1v) is 27.1. The van der Waals surface area contributed by atoms with Gasteiger partial charge >= 0.3 is 5.97 Å². The zero-order valence-electron chi connectivity index (χ0n) is 46.0. The Morgan fingerprint density at radius 3 is 2.35 bits per heavy atom. The molecule has 4 amide bonds. The molecule has 0 aliphatic carbocycles. The molecule has 2 aromatic heterocycles. The maximum Gasteiger partial charge on any atom is 0.355 e. The van der Waals surface area contributed by atoms with Crippen molar-refractivity contribution >= 4 is 46.2 Å². The zero-order chi connectivity index (χ0) is 53.7. The molecule has 1 aromatic carbocycles. The molecule has 2 unspecified atom stereocenters. The lowest BCUT2D eigenvalue weighted by Crippen LogP contribution is -2.67. The number of fused-ring (bicyclic) bond motifs is 1. The highest BCUT2D eigenvalue weighted by molar-refractivity contribution is 5.96. The number of hydrazine groups is 1. The number of hydrogen-bond acceptors (Lipinski definition) is 12. The summed E-state index contributed by atoms with van der Waals surface area (Å²) in [5.74, 6) is 2.59. The molecule has 0 bridgehead atoms. The molecular weight excluding hydrogens is 939 g/mol. The van der Waals surface area contributed by atoms with E-state index < -0.39 is 52.5 Å². The Morgan fingerprint density at radius 1 is 0.973 bits per heavy atom. The van der Waals surface area contributed by atoms with E-state index in [0.717, 1.165) is 78.9 Å². The SMILES string of the molecule is CC[C@H](NC(=O)[C@H](C(C)C)N(C)C(=O)C1CCN(C(=O)C#CC(C)(C)N2CCC2)C1)C(=O)N1CCCC(O)(C(=O)OCC(C)(C)Cc2c(-c3cccnc3[C@H](C)OC)n(CC)c3ccc(N4CCCCC4)cc23)N1. The van der Waals surface area contributed by atoms with Gasteiger partial charge in [0.15, 0.2) is 0 Å². The van der Waals surface area contributed by atoms with E-state index in [2.05, 4.69) is 68.1 Å². The van der Waals surface area contributed by atoms with Gasteiger partial charge in [-0.25, -0.2) is 4.79 Å². The van der Waals surface area contributed by atoms with E-state index in [1.165, 1.54) is 22.0 Å². The van der Waals surface area contributed by atoms with Crippen LogP contribution >= 0.6 is 0 Å². The molecule has 4 aliphatic rings. The Balaban J connectivity index is 1.01. The van der Waals surface area contributed by atoms with Gasteiger partial charge in [-0.2, -0.15) is 5.43 Å². The minimum atomic E-state index is -2.21. The largest absolute Gasteiger partial charge is 0.462 e. The number of aliphatic hydroxyl groups is 1. The number of rotatable bonds is 18. The van der Waals surface area contributed by atoms with Crippen molar-refractivity contribution < 1.29 is 38.6 Å². The monoisotopic (exact) mass is 1020 g/mol. The maximum absolute atomic E-state index is 14.2. The first-order valence-electron chi connectivity index (χ1n) is 27.1. The number of anilines is 1. The number of aryl methyl sites for hydroxylation is 1. The van der Waals surface area contributed by atoms with Crippen molar-refractivity contribution in [3.05, 3.63) is 47.8 Å². The number of likely N-dealkylation sites (N-methyl/N-ethyl adjacent to an activating group) is 1. The molecule has 4 fully saturated rings. The van der Waals surface area contributed by atoms with E-state index in [0.29, 0.717) is 32.4 Å². The molecule has 17 heteroatoms. The summed E-state index contributed by atoms with van der Waals surface area (Å²) in [6.45, 7) is 23.1. The molecule has 0 saturated carbocycles. The van der Waals surface area contributed by atoms with Crippen LogP contribution in [-0.4, -0.2) is 154 Å². The molecule has 4 aliphatic heterocycles.